The maximum Gasteiger partial charge on any atom is 0.160 e. The molecule has 5 nitrogen and oxygen atoms in total. The predicted molar refractivity (Wildman–Crippen MR) is 97.7 cm³/mol. The van der Waals surface area contributed by atoms with Gasteiger partial charge in [0.05, 0.1) is 11.0 Å². The minimum atomic E-state index is -1.36. The van der Waals surface area contributed by atoms with Gasteiger partial charge >= 0.3 is 0 Å². The Kier molecular flexibility index (Phi) is 4.16. The van der Waals surface area contributed by atoms with Gasteiger partial charge in [-0.25, -0.2) is 4.98 Å². The van der Waals surface area contributed by atoms with Crippen LogP contribution in [0.2, 0.25) is 0 Å². The molecule has 1 fully saturated rings. The minimum Gasteiger partial charge on any atom is -0.319 e. The lowest BCUT2D eigenvalue weighted by Crippen LogP contribution is -2.29. The summed E-state index contributed by atoms with van der Waals surface area (Å²) in [6.07, 6.45) is 5.69. The van der Waals surface area contributed by atoms with E-state index in [1.807, 2.05) is 30.3 Å². The van der Waals surface area contributed by atoms with Crippen molar-refractivity contribution in [1.82, 2.24) is 19.9 Å². The molecule has 0 spiro atoms. The molecule has 6 heteroatoms. The van der Waals surface area contributed by atoms with E-state index >= 15 is 0 Å². The highest BCUT2D eigenvalue weighted by atomic mass is 32.2. The molecule has 1 saturated heterocycles. The van der Waals surface area contributed by atoms with Gasteiger partial charge < -0.3 is 9.88 Å². The largest absolute Gasteiger partial charge is 0.319 e. The first kappa shape index (κ1) is 15.5. The zero-order valence-electron chi connectivity index (χ0n) is 13.6. The van der Waals surface area contributed by atoms with Crippen LogP contribution in [0.5, 0.6) is 0 Å². The van der Waals surface area contributed by atoms with Crippen molar-refractivity contribution in [2.45, 2.75) is 23.8 Å². The number of hydrogen-bond acceptors (Lipinski definition) is 4. The van der Waals surface area contributed by atoms with Gasteiger partial charge in [-0.15, -0.1) is 4.21 Å². The van der Waals surface area contributed by atoms with Gasteiger partial charge in [0.15, 0.2) is 10.7 Å². The lowest BCUT2D eigenvalue weighted by molar-refractivity contribution is 0.377. The lowest BCUT2D eigenvalue weighted by Gasteiger charge is -2.26. The number of aromatic nitrogens is 3. The monoisotopic (exact) mass is 341 g/mol. The van der Waals surface area contributed by atoms with E-state index in [2.05, 4.69) is 20.9 Å². The summed E-state index contributed by atoms with van der Waals surface area (Å²) in [4.78, 5) is 10.2. The highest BCUT2D eigenvalue weighted by Gasteiger charge is 2.23. The van der Waals surface area contributed by atoms with Crippen molar-refractivity contribution in [1.29, 1.82) is 0 Å². The van der Waals surface area contributed by atoms with Crippen molar-refractivity contribution < 1.29 is 4.21 Å². The average molecular weight is 341 g/mol. The van der Waals surface area contributed by atoms with Crippen molar-refractivity contribution in [2.24, 2.45) is 0 Å². The number of nitrogens with one attached hydrogen (secondary N) is 1. The Hall–Kier alpha value is -2.05. The second-order valence-corrected chi connectivity index (χ2v) is 7.68. The molecule has 0 saturated carbocycles. The number of pyridine rings is 1. The topological polar surface area (TPSA) is 59.8 Å². The standard InChI is InChI=1S/C18H20N4OS/c1-24(23)14-5-6-17-16(12-14)21-18(15-4-2-3-9-20-15)22(17)13-7-10-19-11-8-13/h2-6,9,12-13,19H,7-8,10-11H2,1H3/p+1. The van der Waals surface area contributed by atoms with Crippen LogP contribution in [0.25, 0.3) is 22.6 Å². The molecule has 124 valence electrons. The van der Waals surface area contributed by atoms with Gasteiger partial charge in [-0.05, 0) is 50.2 Å². The van der Waals surface area contributed by atoms with E-state index in [-0.39, 0.29) is 0 Å². The summed E-state index contributed by atoms with van der Waals surface area (Å²) in [6.45, 7) is 2.04. The van der Waals surface area contributed by atoms with Crippen LogP contribution in [0.1, 0.15) is 18.9 Å². The summed E-state index contributed by atoms with van der Waals surface area (Å²) in [6, 6.07) is 12.3. The number of benzene rings is 1. The van der Waals surface area contributed by atoms with Crippen molar-refractivity contribution in [3.8, 4) is 11.5 Å². The third-order valence-electron chi connectivity index (χ3n) is 4.60. The number of piperidine rings is 1. The molecule has 0 amide bonds. The molecule has 3 heterocycles. The van der Waals surface area contributed by atoms with Crippen LogP contribution in [-0.2, 0) is 15.0 Å². The zero-order valence-corrected chi connectivity index (χ0v) is 14.5. The molecule has 0 aliphatic carbocycles. The van der Waals surface area contributed by atoms with Gasteiger partial charge in [-0.3, -0.25) is 4.98 Å². The van der Waals surface area contributed by atoms with Gasteiger partial charge in [0.2, 0.25) is 0 Å². The third kappa shape index (κ3) is 2.76. The Labute approximate surface area is 143 Å². The van der Waals surface area contributed by atoms with E-state index in [0.717, 1.165) is 53.4 Å². The molecule has 1 aliphatic heterocycles. The lowest BCUT2D eigenvalue weighted by atomic mass is 10.1. The Morgan fingerprint density at radius 1 is 1.21 bits per heavy atom. The molecule has 1 unspecified atom stereocenters. The molecule has 0 radical (unpaired) electrons. The van der Waals surface area contributed by atoms with E-state index < -0.39 is 10.8 Å². The summed E-state index contributed by atoms with van der Waals surface area (Å²) >= 11 is 0. The van der Waals surface area contributed by atoms with Crippen molar-refractivity contribution >= 4 is 21.8 Å². The maximum atomic E-state index is 11.8. The van der Waals surface area contributed by atoms with Crippen LogP contribution >= 0.6 is 0 Å². The predicted octanol–water partition coefficient (Wildman–Crippen LogP) is 2.71. The van der Waals surface area contributed by atoms with E-state index in [1.54, 1.807) is 12.5 Å². The number of rotatable bonds is 3. The first-order valence-electron chi connectivity index (χ1n) is 8.29. The van der Waals surface area contributed by atoms with Gasteiger partial charge in [0.25, 0.3) is 0 Å². The molecule has 4 rings (SSSR count). The highest BCUT2D eigenvalue weighted by Crippen LogP contribution is 2.32. The van der Waals surface area contributed by atoms with Crippen LogP contribution in [-0.4, -0.2) is 33.9 Å². The number of imidazole rings is 1. The number of nitrogens with zero attached hydrogens (tertiary/aromatic N) is 3. The summed E-state index contributed by atoms with van der Waals surface area (Å²) in [7, 11) is -1.36. The molecule has 1 N–H and O–H groups in total. The van der Waals surface area contributed by atoms with Crippen molar-refractivity contribution in [2.75, 3.05) is 19.3 Å². The molecule has 0 bridgehead atoms. The number of thiol groups is 1. The molecule has 24 heavy (non-hydrogen) atoms. The number of fused-ring (bicyclic) bond motifs is 1. The van der Waals surface area contributed by atoms with E-state index in [4.69, 9.17) is 4.98 Å². The summed E-state index contributed by atoms with van der Waals surface area (Å²) in [5.74, 6) is 0.904. The van der Waals surface area contributed by atoms with Crippen LogP contribution < -0.4 is 5.32 Å². The smallest absolute Gasteiger partial charge is 0.160 e. The second kappa shape index (κ2) is 6.45. The SMILES string of the molecule is C[SH+](=O)c1ccc2c(c1)nc(-c1ccccn1)n2C1CCNCC1. The molecule has 1 aliphatic rings. The summed E-state index contributed by atoms with van der Waals surface area (Å²) in [5, 5.41) is 3.42. The quantitative estimate of drug-likeness (QED) is 0.588. The van der Waals surface area contributed by atoms with Gasteiger partial charge in [0.1, 0.15) is 22.7 Å². The van der Waals surface area contributed by atoms with E-state index in [1.165, 1.54) is 0 Å². The molecular weight excluding hydrogens is 320 g/mol. The fourth-order valence-corrected chi connectivity index (χ4v) is 3.98. The first-order valence-corrected chi connectivity index (χ1v) is 9.99. The summed E-state index contributed by atoms with van der Waals surface area (Å²) in [5.41, 5.74) is 2.88. The van der Waals surface area contributed by atoms with E-state index in [0.29, 0.717) is 6.04 Å². The second-order valence-electron chi connectivity index (χ2n) is 6.17. The van der Waals surface area contributed by atoms with Crippen molar-refractivity contribution in [3.05, 3.63) is 42.6 Å². The fraction of sp³-hybridized carbons (Fsp3) is 0.333. The normalized spacial score (nSPS) is 17.2. The maximum absolute atomic E-state index is 11.8. The Bertz CT molecular complexity index is 885. The van der Waals surface area contributed by atoms with Gasteiger partial charge in [-0.1, -0.05) is 6.07 Å². The molecular formula is C18H21N4OS+. The number of hydrogen-bond donors (Lipinski definition) is 1. The fourth-order valence-electron chi connectivity index (χ4n) is 3.39. The van der Waals surface area contributed by atoms with Crippen molar-refractivity contribution in [3.63, 3.8) is 0 Å². The average Bonchev–Trinajstić information content (AvgIpc) is 3.01. The third-order valence-corrected chi connectivity index (χ3v) is 5.61. The molecule has 1 aromatic carbocycles. The van der Waals surface area contributed by atoms with Crippen LogP contribution in [0.3, 0.4) is 0 Å². The molecule has 3 aromatic rings. The van der Waals surface area contributed by atoms with Gasteiger partial charge in [0, 0.05) is 18.3 Å². The van der Waals surface area contributed by atoms with Crippen LogP contribution in [0.15, 0.2) is 47.5 Å². The Balaban J connectivity index is 1.93. The minimum absolute atomic E-state index is 0.412. The van der Waals surface area contributed by atoms with Gasteiger partial charge in [-0.2, -0.15) is 0 Å². The highest BCUT2D eigenvalue weighted by molar-refractivity contribution is 7.84. The van der Waals surface area contributed by atoms with Crippen LogP contribution in [0.4, 0.5) is 0 Å². The summed E-state index contributed by atoms with van der Waals surface area (Å²) < 4.78 is 14.2. The van der Waals surface area contributed by atoms with E-state index in [9.17, 15) is 4.21 Å². The Morgan fingerprint density at radius 3 is 2.75 bits per heavy atom. The van der Waals surface area contributed by atoms with Crippen LogP contribution in [0, 0.1) is 0 Å². The Morgan fingerprint density at radius 2 is 2.04 bits per heavy atom. The molecule has 2 aromatic heterocycles. The zero-order chi connectivity index (χ0) is 16.5. The molecule has 1 atom stereocenters. The first-order chi connectivity index (χ1) is 11.7.